The van der Waals surface area contributed by atoms with Crippen molar-refractivity contribution in [3.63, 3.8) is 0 Å². The third kappa shape index (κ3) is 1.08. The summed E-state index contributed by atoms with van der Waals surface area (Å²) in [6.07, 6.45) is 0.890. The van der Waals surface area contributed by atoms with E-state index in [-0.39, 0.29) is 6.04 Å². The maximum Gasteiger partial charge on any atom is 0.141 e. The van der Waals surface area contributed by atoms with Gasteiger partial charge in [-0.05, 0) is 6.07 Å². The van der Waals surface area contributed by atoms with Gasteiger partial charge in [0.15, 0.2) is 0 Å². The van der Waals surface area contributed by atoms with Gasteiger partial charge in [-0.2, -0.15) is 0 Å². The molecule has 0 saturated carbocycles. The number of carbonyl (C=O) groups excluding carboxylic acids is 1. The molecule has 1 N–H and O–H groups in total. The molecular formula is C9H9NO2. The number of rotatable bonds is 1. The average Bonchev–Trinajstić information content (AvgIpc) is 2.17. The van der Waals surface area contributed by atoms with Crippen LogP contribution in [0.15, 0.2) is 24.3 Å². The van der Waals surface area contributed by atoms with E-state index in [2.05, 4.69) is 5.32 Å². The molecule has 1 aliphatic rings. The van der Waals surface area contributed by atoms with Crippen molar-refractivity contribution in [2.75, 3.05) is 6.73 Å². The molecule has 0 aromatic heterocycles. The molecule has 0 saturated heterocycles. The Hall–Kier alpha value is -1.35. The van der Waals surface area contributed by atoms with Crippen molar-refractivity contribution < 1.29 is 9.53 Å². The first-order valence-corrected chi connectivity index (χ1v) is 3.82. The van der Waals surface area contributed by atoms with Gasteiger partial charge < -0.3 is 9.53 Å². The highest BCUT2D eigenvalue weighted by molar-refractivity contribution is 5.64. The van der Waals surface area contributed by atoms with Crippen LogP contribution in [-0.4, -0.2) is 13.0 Å². The van der Waals surface area contributed by atoms with Crippen molar-refractivity contribution in [1.82, 2.24) is 5.32 Å². The number of hydrogen-bond donors (Lipinski definition) is 1. The molecule has 0 amide bonds. The quantitative estimate of drug-likeness (QED) is 0.624. The Bertz CT molecular complexity index is 298. The van der Waals surface area contributed by atoms with Gasteiger partial charge in [-0.3, -0.25) is 5.32 Å². The highest BCUT2D eigenvalue weighted by Crippen LogP contribution is 2.26. The molecule has 62 valence electrons. The summed E-state index contributed by atoms with van der Waals surface area (Å²) < 4.78 is 5.29. The van der Waals surface area contributed by atoms with Crippen LogP contribution in [0.1, 0.15) is 11.6 Å². The van der Waals surface area contributed by atoms with Gasteiger partial charge in [-0.1, -0.05) is 18.2 Å². The lowest BCUT2D eigenvalue weighted by Crippen LogP contribution is -2.31. The topological polar surface area (TPSA) is 38.3 Å². The second kappa shape index (κ2) is 2.95. The molecule has 1 aliphatic heterocycles. The van der Waals surface area contributed by atoms with Crippen molar-refractivity contribution in [2.24, 2.45) is 0 Å². The average molecular weight is 163 g/mol. The van der Waals surface area contributed by atoms with E-state index in [1.165, 1.54) is 0 Å². The molecule has 1 aromatic rings. The van der Waals surface area contributed by atoms with Crippen LogP contribution in [-0.2, 0) is 4.79 Å². The summed E-state index contributed by atoms with van der Waals surface area (Å²) in [4.78, 5) is 10.6. The van der Waals surface area contributed by atoms with Crippen LogP contribution in [0.2, 0.25) is 0 Å². The van der Waals surface area contributed by atoms with E-state index in [1.807, 2.05) is 24.3 Å². The van der Waals surface area contributed by atoms with E-state index in [9.17, 15) is 4.79 Å². The van der Waals surface area contributed by atoms with Gasteiger partial charge in [0.05, 0.1) is 6.04 Å². The van der Waals surface area contributed by atoms with Crippen molar-refractivity contribution in [3.8, 4) is 5.75 Å². The fraction of sp³-hybridized carbons (Fsp3) is 0.222. The van der Waals surface area contributed by atoms with E-state index in [0.717, 1.165) is 17.6 Å². The predicted molar refractivity (Wildman–Crippen MR) is 43.9 cm³/mol. The van der Waals surface area contributed by atoms with Gasteiger partial charge in [-0.15, -0.1) is 0 Å². The number of hydrogen-bond acceptors (Lipinski definition) is 3. The Kier molecular flexibility index (Phi) is 1.80. The zero-order chi connectivity index (χ0) is 8.39. The van der Waals surface area contributed by atoms with Crippen molar-refractivity contribution in [1.29, 1.82) is 0 Å². The summed E-state index contributed by atoms with van der Waals surface area (Å²) in [5.41, 5.74) is 0.916. The van der Waals surface area contributed by atoms with Gasteiger partial charge in [0, 0.05) is 5.56 Å². The minimum atomic E-state index is -0.213. The lowest BCUT2D eigenvalue weighted by molar-refractivity contribution is -0.110. The molecule has 1 atom stereocenters. The van der Waals surface area contributed by atoms with Gasteiger partial charge in [0.1, 0.15) is 18.8 Å². The second-order valence-electron chi connectivity index (χ2n) is 2.64. The number of fused-ring (bicyclic) bond motifs is 1. The highest BCUT2D eigenvalue weighted by atomic mass is 16.5. The Morgan fingerprint density at radius 2 is 2.33 bits per heavy atom. The van der Waals surface area contributed by atoms with Crippen LogP contribution < -0.4 is 10.1 Å². The number of ether oxygens (including phenoxy) is 1. The zero-order valence-corrected chi connectivity index (χ0v) is 6.49. The lowest BCUT2D eigenvalue weighted by atomic mass is 10.1. The highest BCUT2D eigenvalue weighted by Gasteiger charge is 2.18. The van der Waals surface area contributed by atoms with Crippen LogP contribution in [0.4, 0.5) is 0 Å². The van der Waals surface area contributed by atoms with Gasteiger partial charge in [0.25, 0.3) is 0 Å². The Morgan fingerprint density at radius 1 is 1.50 bits per heavy atom. The molecule has 1 aromatic carbocycles. The maximum absolute atomic E-state index is 10.6. The molecule has 1 unspecified atom stereocenters. The Balaban J connectivity index is 2.43. The van der Waals surface area contributed by atoms with Crippen LogP contribution >= 0.6 is 0 Å². The third-order valence-corrected chi connectivity index (χ3v) is 1.92. The second-order valence-corrected chi connectivity index (χ2v) is 2.64. The van der Waals surface area contributed by atoms with Crippen LogP contribution in [0, 0.1) is 0 Å². The SMILES string of the molecule is O=CC1NCOc2ccccc21. The first kappa shape index (κ1) is 7.31. The third-order valence-electron chi connectivity index (χ3n) is 1.92. The summed E-state index contributed by atoms with van der Waals surface area (Å²) >= 11 is 0. The van der Waals surface area contributed by atoms with E-state index in [0.29, 0.717) is 6.73 Å². The summed E-state index contributed by atoms with van der Waals surface area (Å²) in [6, 6.07) is 7.33. The minimum Gasteiger partial charge on any atom is -0.478 e. The molecule has 0 aliphatic carbocycles. The van der Waals surface area contributed by atoms with Gasteiger partial charge >= 0.3 is 0 Å². The van der Waals surface area contributed by atoms with Crippen LogP contribution in [0.25, 0.3) is 0 Å². The number of aldehydes is 1. The normalized spacial score (nSPS) is 20.8. The molecule has 0 radical (unpaired) electrons. The van der Waals surface area contributed by atoms with Gasteiger partial charge in [-0.25, -0.2) is 0 Å². The molecule has 3 nitrogen and oxygen atoms in total. The molecule has 3 heteroatoms. The minimum absolute atomic E-state index is 0.213. The summed E-state index contributed by atoms with van der Waals surface area (Å²) in [7, 11) is 0. The van der Waals surface area contributed by atoms with E-state index < -0.39 is 0 Å². The molecule has 12 heavy (non-hydrogen) atoms. The Labute approximate surface area is 70.3 Å². The van der Waals surface area contributed by atoms with Crippen molar-refractivity contribution >= 4 is 6.29 Å². The van der Waals surface area contributed by atoms with Crippen molar-refractivity contribution in [3.05, 3.63) is 29.8 Å². The van der Waals surface area contributed by atoms with Crippen LogP contribution in [0.5, 0.6) is 5.75 Å². The Morgan fingerprint density at radius 3 is 3.17 bits per heavy atom. The molecule has 0 fully saturated rings. The molecule has 1 heterocycles. The summed E-state index contributed by atoms with van der Waals surface area (Å²) in [5.74, 6) is 0.799. The molecule has 0 spiro atoms. The summed E-state index contributed by atoms with van der Waals surface area (Å²) in [6.45, 7) is 0.403. The first-order chi connectivity index (χ1) is 5.92. The predicted octanol–water partition coefficient (Wildman–Crippen LogP) is 0.866. The largest absolute Gasteiger partial charge is 0.478 e. The van der Waals surface area contributed by atoms with E-state index in [4.69, 9.17) is 4.74 Å². The molecule has 2 rings (SSSR count). The number of para-hydroxylation sites is 1. The number of nitrogens with one attached hydrogen (secondary N) is 1. The van der Waals surface area contributed by atoms with E-state index in [1.54, 1.807) is 0 Å². The fourth-order valence-corrected chi connectivity index (χ4v) is 1.31. The first-order valence-electron chi connectivity index (χ1n) is 3.82. The van der Waals surface area contributed by atoms with Crippen LogP contribution in [0.3, 0.4) is 0 Å². The van der Waals surface area contributed by atoms with E-state index >= 15 is 0 Å². The monoisotopic (exact) mass is 163 g/mol. The lowest BCUT2D eigenvalue weighted by Gasteiger charge is -2.22. The zero-order valence-electron chi connectivity index (χ0n) is 6.49. The summed E-state index contributed by atoms with van der Waals surface area (Å²) in [5, 5.41) is 2.93. The van der Waals surface area contributed by atoms with Gasteiger partial charge in [0.2, 0.25) is 0 Å². The molecule has 0 bridgehead atoms. The molecular weight excluding hydrogens is 154 g/mol. The smallest absolute Gasteiger partial charge is 0.141 e. The van der Waals surface area contributed by atoms with Crippen molar-refractivity contribution in [2.45, 2.75) is 6.04 Å². The maximum atomic E-state index is 10.6. The standard InChI is InChI=1S/C9H9NO2/c11-5-8-7-3-1-2-4-9(7)12-6-10-8/h1-5,8,10H,6H2. The number of benzene rings is 1. The number of carbonyl (C=O) groups is 1. The fourth-order valence-electron chi connectivity index (χ4n) is 1.31.